The standard InChI is InChI=1S/C20H20N2O3/c1-4-9-21-19(24)16-15-8-6-13-10-11(2)5-7-14(13)22(15)18(12(3)23)17(16)20(21)25/h4-8,10,15-18H,1,9H2,2-3H3/t15-,16-,17-,18-/m0/s1. The summed E-state index contributed by atoms with van der Waals surface area (Å²) in [4.78, 5) is 41.4. The minimum absolute atomic E-state index is 0.0825. The molecule has 0 radical (unpaired) electrons. The summed E-state index contributed by atoms with van der Waals surface area (Å²) >= 11 is 0. The first-order valence-electron chi connectivity index (χ1n) is 8.49. The van der Waals surface area contributed by atoms with E-state index in [2.05, 4.69) is 12.6 Å². The van der Waals surface area contributed by atoms with E-state index in [1.807, 2.05) is 36.1 Å². The molecule has 0 saturated carbocycles. The second-order valence-corrected chi connectivity index (χ2v) is 7.00. The summed E-state index contributed by atoms with van der Waals surface area (Å²) in [5.74, 6) is -1.67. The van der Waals surface area contributed by atoms with Crippen molar-refractivity contribution < 1.29 is 14.4 Å². The Labute approximate surface area is 146 Å². The van der Waals surface area contributed by atoms with E-state index >= 15 is 0 Å². The van der Waals surface area contributed by atoms with Gasteiger partial charge in [0.05, 0.1) is 17.9 Å². The van der Waals surface area contributed by atoms with Crippen molar-refractivity contribution in [3.8, 4) is 0 Å². The molecule has 5 heteroatoms. The molecule has 0 N–H and O–H groups in total. The Morgan fingerprint density at radius 1 is 1.24 bits per heavy atom. The number of likely N-dealkylation sites (tertiary alicyclic amines) is 1. The smallest absolute Gasteiger partial charge is 0.236 e. The molecule has 1 aromatic rings. The fourth-order valence-electron chi connectivity index (χ4n) is 4.52. The normalized spacial score (nSPS) is 29.5. The van der Waals surface area contributed by atoms with Crippen LogP contribution in [0.25, 0.3) is 6.08 Å². The number of carbonyl (C=O) groups is 3. The molecular weight excluding hydrogens is 316 g/mol. The lowest BCUT2D eigenvalue weighted by Gasteiger charge is -2.36. The third-order valence-electron chi connectivity index (χ3n) is 5.48. The maximum Gasteiger partial charge on any atom is 0.236 e. The average Bonchev–Trinajstić information content (AvgIpc) is 3.04. The first-order chi connectivity index (χ1) is 12.0. The Bertz CT molecular complexity index is 841. The number of fused-ring (bicyclic) bond motifs is 5. The number of anilines is 1. The van der Waals surface area contributed by atoms with Gasteiger partial charge in [-0.2, -0.15) is 0 Å². The number of Topliss-reactive ketones (excluding diaryl/α,β-unsaturated/α-hetero) is 1. The van der Waals surface area contributed by atoms with Gasteiger partial charge >= 0.3 is 0 Å². The van der Waals surface area contributed by atoms with Gasteiger partial charge < -0.3 is 4.90 Å². The van der Waals surface area contributed by atoms with Crippen LogP contribution in [0.5, 0.6) is 0 Å². The Kier molecular flexibility index (Phi) is 3.42. The van der Waals surface area contributed by atoms with E-state index < -0.39 is 17.9 Å². The number of rotatable bonds is 3. The SMILES string of the molecule is C=CCN1C(=O)[C@@H]2[C@H](C1=O)[C@H](C(C)=O)N1c3ccc(C)cc3C=C[C@@H]21. The van der Waals surface area contributed by atoms with E-state index in [-0.39, 0.29) is 30.2 Å². The van der Waals surface area contributed by atoms with E-state index in [0.717, 1.165) is 16.8 Å². The first kappa shape index (κ1) is 15.8. The fourth-order valence-corrected chi connectivity index (χ4v) is 4.52. The number of hydrogen-bond donors (Lipinski definition) is 0. The van der Waals surface area contributed by atoms with E-state index in [9.17, 15) is 14.4 Å². The van der Waals surface area contributed by atoms with Crippen LogP contribution in [-0.4, -0.2) is 41.1 Å². The van der Waals surface area contributed by atoms with Crippen molar-refractivity contribution in [2.45, 2.75) is 25.9 Å². The van der Waals surface area contributed by atoms with Gasteiger partial charge in [-0.05, 0) is 31.5 Å². The van der Waals surface area contributed by atoms with Crippen LogP contribution in [0.3, 0.4) is 0 Å². The molecule has 3 aliphatic rings. The third-order valence-corrected chi connectivity index (χ3v) is 5.48. The highest BCUT2D eigenvalue weighted by Crippen LogP contribution is 2.48. The number of hydrogen-bond acceptors (Lipinski definition) is 4. The van der Waals surface area contributed by atoms with Crippen molar-refractivity contribution in [3.05, 3.63) is 48.1 Å². The maximum atomic E-state index is 12.9. The molecule has 128 valence electrons. The molecule has 2 saturated heterocycles. The second-order valence-electron chi connectivity index (χ2n) is 7.00. The number of imide groups is 1. The zero-order chi connectivity index (χ0) is 17.9. The Hall–Kier alpha value is -2.69. The topological polar surface area (TPSA) is 57.7 Å². The zero-order valence-electron chi connectivity index (χ0n) is 14.3. The Morgan fingerprint density at radius 2 is 1.96 bits per heavy atom. The van der Waals surface area contributed by atoms with Crippen LogP contribution in [-0.2, 0) is 14.4 Å². The van der Waals surface area contributed by atoms with Crippen LogP contribution in [0.1, 0.15) is 18.1 Å². The largest absolute Gasteiger partial charge is 0.353 e. The van der Waals surface area contributed by atoms with Gasteiger partial charge in [0.1, 0.15) is 6.04 Å². The molecule has 0 spiro atoms. The molecule has 0 aromatic heterocycles. The summed E-state index contributed by atoms with van der Waals surface area (Å²) in [5.41, 5.74) is 3.07. The van der Waals surface area contributed by atoms with E-state index in [0.29, 0.717) is 0 Å². The highest BCUT2D eigenvalue weighted by atomic mass is 16.2. The highest BCUT2D eigenvalue weighted by molar-refractivity contribution is 6.11. The van der Waals surface area contributed by atoms with Gasteiger partial charge in [-0.25, -0.2) is 0 Å². The summed E-state index contributed by atoms with van der Waals surface area (Å²) < 4.78 is 0. The summed E-state index contributed by atoms with van der Waals surface area (Å²) in [6.45, 7) is 7.34. The van der Waals surface area contributed by atoms with Crippen molar-refractivity contribution in [3.63, 3.8) is 0 Å². The molecule has 0 aliphatic carbocycles. The van der Waals surface area contributed by atoms with Crippen molar-refractivity contribution in [2.75, 3.05) is 11.4 Å². The fraction of sp³-hybridized carbons (Fsp3) is 0.350. The minimum atomic E-state index is -0.619. The van der Waals surface area contributed by atoms with Crippen molar-refractivity contribution in [1.29, 1.82) is 0 Å². The molecule has 2 amide bonds. The number of aryl methyl sites for hydroxylation is 1. The van der Waals surface area contributed by atoms with Gasteiger partial charge in [-0.3, -0.25) is 19.3 Å². The maximum absolute atomic E-state index is 12.9. The lowest BCUT2D eigenvalue weighted by molar-refractivity contribution is -0.140. The summed E-state index contributed by atoms with van der Waals surface area (Å²) in [6.07, 6.45) is 5.51. The van der Waals surface area contributed by atoms with Crippen LogP contribution in [0.4, 0.5) is 5.69 Å². The van der Waals surface area contributed by atoms with Crippen molar-refractivity contribution >= 4 is 29.4 Å². The summed E-state index contributed by atoms with van der Waals surface area (Å²) in [5, 5.41) is 0. The quantitative estimate of drug-likeness (QED) is 0.625. The predicted molar refractivity (Wildman–Crippen MR) is 94.8 cm³/mol. The van der Waals surface area contributed by atoms with Gasteiger partial charge in [0, 0.05) is 12.2 Å². The number of nitrogens with zero attached hydrogens (tertiary/aromatic N) is 2. The first-order valence-corrected chi connectivity index (χ1v) is 8.49. The monoisotopic (exact) mass is 336 g/mol. The van der Waals surface area contributed by atoms with Crippen LogP contribution < -0.4 is 4.90 Å². The van der Waals surface area contributed by atoms with Crippen LogP contribution in [0.2, 0.25) is 0 Å². The molecule has 0 unspecified atom stereocenters. The molecule has 5 nitrogen and oxygen atoms in total. The van der Waals surface area contributed by atoms with E-state index in [1.165, 1.54) is 11.8 Å². The molecule has 0 bridgehead atoms. The number of amides is 2. The number of carbonyl (C=O) groups excluding carboxylic acids is 3. The summed E-state index contributed by atoms with van der Waals surface area (Å²) in [6, 6.07) is 5.16. The van der Waals surface area contributed by atoms with Crippen LogP contribution in [0, 0.1) is 18.8 Å². The minimum Gasteiger partial charge on any atom is -0.353 e. The molecule has 3 heterocycles. The van der Waals surface area contributed by atoms with Crippen molar-refractivity contribution in [2.24, 2.45) is 11.8 Å². The molecule has 4 rings (SSSR count). The second kappa shape index (κ2) is 5.41. The molecule has 3 aliphatic heterocycles. The molecule has 1 aromatic carbocycles. The van der Waals surface area contributed by atoms with E-state index in [4.69, 9.17) is 0 Å². The van der Waals surface area contributed by atoms with Crippen LogP contribution in [0.15, 0.2) is 36.9 Å². The highest BCUT2D eigenvalue weighted by Gasteiger charge is 2.63. The third kappa shape index (κ3) is 2.05. The molecular formula is C20H20N2O3. The Balaban J connectivity index is 1.85. The predicted octanol–water partition coefficient (Wildman–Crippen LogP) is 1.96. The average molecular weight is 336 g/mol. The van der Waals surface area contributed by atoms with E-state index in [1.54, 1.807) is 6.08 Å². The Morgan fingerprint density at radius 3 is 2.64 bits per heavy atom. The molecule has 2 fully saturated rings. The number of ketones is 1. The van der Waals surface area contributed by atoms with Gasteiger partial charge in [-0.1, -0.05) is 29.9 Å². The zero-order valence-corrected chi connectivity index (χ0v) is 14.3. The van der Waals surface area contributed by atoms with Crippen molar-refractivity contribution in [1.82, 2.24) is 4.90 Å². The van der Waals surface area contributed by atoms with Gasteiger partial charge in [-0.15, -0.1) is 6.58 Å². The summed E-state index contributed by atoms with van der Waals surface area (Å²) in [7, 11) is 0. The molecule has 25 heavy (non-hydrogen) atoms. The van der Waals surface area contributed by atoms with Gasteiger partial charge in [0.25, 0.3) is 0 Å². The van der Waals surface area contributed by atoms with Gasteiger partial charge in [0.15, 0.2) is 5.78 Å². The van der Waals surface area contributed by atoms with Crippen LogP contribution >= 0.6 is 0 Å². The lowest BCUT2D eigenvalue weighted by atomic mass is 9.88. The lowest BCUT2D eigenvalue weighted by Crippen LogP contribution is -2.48. The number of benzene rings is 1. The van der Waals surface area contributed by atoms with Gasteiger partial charge in [0.2, 0.25) is 11.8 Å². The molecule has 4 atom stereocenters.